The van der Waals surface area contributed by atoms with Crippen LogP contribution in [0.2, 0.25) is 0 Å². The highest BCUT2D eigenvalue weighted by atomic mass is 19.4. The molecule has 0 saturated carbocycles. The smallest absolute Gasteiger partial charge is 0.416 e. The Kier molecular flexibility index (Phi) is 3.78. The molecule has 0 bridgehead atoms. The average Bonchev–Trinajstić information content (AvgIpc) is 2.81. The summed E-state index contributed by atoms with van der Waals surface area (Å²) in [5.41, 5.74) is -0.0952. The first kappa shape index (κ1) is 14.1. The predicted molar refractivity (Wildman–Crippen MR) is 63.9 cm³/mol. The van der Waals surface area contributed by atoms with E-state index >= 15 is 0 Å². The van der Waals surface area contributed by atoms with E-state index in [9.17, 15) is 18.0 Å². The number of aryl methyl sites for hydroxylation is 1. The van der Waals surface area contributed by atoms with E-state index in [1.165, 1.54) is 6.26 Å². The maximum atomic E-state index is 12.4. The van der Waals surface area contributed by atoms with Crippen LogP contribution in [0.3, 0.4) is 0 Å². The lowest BCUT2D eigenvalue weighted by atomic mass is 10.1. The summed E-state index contributed by atoms with van der Waals surface area (Å²) in [7, 11) is 0. The molecule has 0 aliphatic carbocycles. The third-order valence-corrected chi connectivity index (χ3v) is 2.57. The van der Waals surface area contributed by atoms with Gasteiger partial charge in [0, 0.05) is 12.5 Å². The van der Waals surface area contributed by atoms with Gasteiger partial charge in [-0.1, -0.05) is 0 Å². The molecular formula is C13H11F3N2O2. The molecule has 1 N–H and O–H groups in total. The standard InChI is InChI=1S/C13H11F3N2O2/c1-8-18-11(7-20-8)6-17-12(19)9-2-4-10(5-3-9)13(14,15)16/h2-5,7H,6H2,1H3,(H,17,19). The van der Waals surface area contributed by atoms with Crippen molar-refractivity contribution in [3.8, 4) is 0 Å². The summed E-state index contributed by atoms with van der Waals surface area (Å²) >= 11 is 0. The number of hydrogen-bond acceptors (Lipinski definition) is 3. The minimum absolute atomic E-state index is 0.150. The summed E-state index contributed by atoms with van der Waals surface area (Å²) in [6.07, 6.45) is -3.00. The minimum Gasteiger partial charge on any atom is -0.449 e. The van der Waals surface area contributed by atoms with E-state index in [0.717, 1.165) is 24.3 Å². The van der Waals surface area contributed by atoms with Crippen molar-refractivity contribution in [2.24, 2.45) is 0 Å². The molecule has 106 valence electrons. The molecule has 0 aliphatic rings. The number of rotatable bonds is 3. The van der Waals surface area contributed by atoms with E-state index < -0.39 is 17.6 Å². The number of alkyl halides is 3. The first-order chi connectivity index (χ1) is 9.36. The average molecular weight is 284 g/mol. The van der Waals surface area contributed by atoms with Gasteiger partial charge in [0.05, 0.1) is 17.8 Å². The van der Waals surface area contributed by atoms with Crippen molar-refractivity contribution >= 4 is 5.91 Å². The van der Waals surface area contributed by atoms with Gasteiger partial charge in [-0.05, 0) is 24.3 Å². The van der Waals surface area contributed by atoms with Crippen LogP contribution in [-0.4, -0.2) is 10.9 Å². The van der Waals surface area contributed by atoms with Gasteiger partial charge in [0.2, 0.25) is 0 Å². The maximum Gasteiger partial charge on any atom is 0.416 e. The van der Waals surface area contributed by atoms with Crippen LogP contribution in [0.15, 0.2) is 34.9 Å². The van der Waals surface area contributed by atoms with Crippen LogP contribution in [0.1, 0.15) is 27.5 Å². The summed E-state index contributed by atoms with van der Waals surface area (Å²) in [6, 6.07) is 4.00. The van der Waals surface area contributed by atoms with Gasteiger partial charge in [0.1, 0.15) is 6.26 Å². The fourth-order valence-corrected chi connectivity index (χ4v) is 1.57. The van der Waals surface area contributed by atoms with E-state index in [1.54, 1.807) is 6.92 Å². The zero-order valence-corrected chi connectivity index (χ0v) is 10.5. The Balaban J connectivity index is 1.99. The molecule has 1 amide bonds. The van der Waals surface area contributed by atoms with Crippen LogP contribution in [0.5, 0.6) is 0 Å². The molecule has 1 aromatic carbocycles. The van der Waals surface area contributed by atoms with Gasteiger partial charge >= 0.3 is 6.18 Å². The van der Waals surface area contributed by atoms with Gasteiger partial charge in [-0.3, -0.25) is 4.79 Å². The number of amides is 1. The molecule has 0 unspecified atom stereocenters. The molecule has 20 heavy (non-hydrogen) atoms. The third-order valence-electron chi connectivity index (χ3n) is 2.57. The maximum absolute atomic E-state index is 12.4. The highest BCUT2D eigenvalue weighted by Gasteiger charge is 2.30. The monoisotopic (exact) mass is 284 g/mol. The van der Waals surface area contributed by atoms with Crippen LogP contribution in [0.25, 0.3) is 0 Å². The molecule has 2 rings (SSSR count). The largest absolute Gasteiger partial charge is 0.449 e. The van der Waals surface area contributed by atoms with Gasteiger partial charge < -0.3 is 9.73 Å². The van der Waals surface area contributed by atoms with Crippen LogP contribution in [-0.2, 0) is 12.7 Å². The Morgan fingerprint density at radius 3 is 2.45 bits per heavy atom. The molecule has 7 heteroatoms. The zero-order chi connectivity index (χ0) is 14.8. The van der Waals surface area contributed by atoms with Crippen molar-refractivity contribution in [1.82, 2.24) is 10.3 Å². The summed E-state index contributed by atoms with van der Waals surface area (Å²) in [6.45, 7) is 1.82. The second kappa shape index (κ2) is 5.36. The number of halogens is 3. The van der Waals surface area contributed by atoms with Crippen molar-refractivity contribution in [2.75, 3.05) is 0 Å². The van der Waals surface area contributed by atoms with Crippen molar-refractivity contribution in [2.45, 2.75) is 19.6 Å². The highest BCUT2D eigenvalue weighted by molar-refractivity contribution is 5.94. The van der Waals surface area contributed by atoms with E-state index in [2.05, 4.69) is 10.3 Å². The zero-order valence-electron chi connectivity index (χ0n) is 10.5. The Morgan fingerprint density at radius 1 is 1.30 bits per heavy atom. The lowest BCUT2D eigenvalue weighted by molar-refractivity contribution is -0.137. The number of nitrogens with zero attached hydrogens (tertiary/aromatic N) is 1. The van der Waals surface area contributed by atoms with E-state index in [-0.39, 0.29) is 12.1 Å². The molecule has 2 aromatic rings. The number of hydrogen-bond donors (Lipinski definition) is 1. The number of carbonyl (C=O) groups excluding carboxylic acids is 1. The Morgan fingerprint density at radius 2 is 1.95 bits per heavy atom. The van der Waals surface area contributed by atoms with Crippen LogP contribution in [0.4, 0.5) is 13.2 Å². The fraction of sp³-hybridized carbons (Fsp3) is 0.231. The van der Waals surface area contributed by atoms with Gasteiger partial charge in [-0.2, -0.15) is 13.2 Å². The Bertz CT molecular complexity index is 603. The topological polar surface area (TPSA) is 55.1 Å². The lowest BCUT2D eigenvalue weighted by Gasteiger charge is -2.07. The van der Waals surface area contributed by atoms with Gasteiger partial charge in [-0.25, -0.2) is 4.98 Å². The molecule has 1 heterocycles. The van der Waals surface area contributed by atoms with Crippen LogP contribution in [0, 0.1) is 6.92 Å². The number of oxazole rings is 1. The number of aromatic nitrogens is 1. The molecule has 0 radical (unpaired) electrons. The highest BCUT2D eigenvalue weighted by Crippen LogP contribution is 2.29. The number of benzene rings is 1. The fourth-order valence-electron chi connectivity index (χ4n) is 1.57. The molecular weight excluding hydrogens is 273 g/mol. The van der Waals surface area contributed by atoms with E-state index in [0.29, 0.717) is 11.6 Å². The molecule has 0 saturated heterocycles. The molecule has 0 spiro atoms. The van der Waals surface area contributed by atoms with E-state index in [1.807, 2.05) is 0 Å². The van der Waals surface area contributed by atoms with Crippen molar-refractivity contribution in [1.29, 1.82) is 0 Å². The van der Waals surface area contributed by atoms with Crippen molar-refractivity contribution in [3.63, 3.8) is 0 Å². The second-order valence-corrected chi connectivity index (χ2v) is 4.12. The minimum atomic E-state index is -4.41. The van der Waals surface area contributed by atoms with Crippen LogP contribution < -0.4 is 5.32 Å². The summed E-state index contributed by atoms with van der Waals surface area (Å²) in [4.78, 5) is 15.7. The molecule has 0 atom stereocenters. The van der Waals surface area contributed by atoms with Gasteiger partial charge in [0.25, 0.3) is 5.91 Å². The van der Waals surface area contributed by atoms with Crippen molar-refractivity contribution in [3.05, 3.63) is 53.2 Å². The molecule has 0 fully saturated rings. The number of carbonyl (C=O) groups is 1. The lowest BCUT2D eigenvalue weighted by Crippen LogP contribution is -2.23. The Labute approximate surface area is 112 Å². The molecule has 1 aromatic heterocycles. The van der Waals surface area contributed by atoms with Crippen molar-refractivity contribution < 1.29 is 22.4 Å². The van der Waals surface area contributed by atoms with E-state index in [4.69, 9.17) is 4.42 Å². The Hall–Kier alpha value is -2.31. The van der Waals surface area contributed by atoms with Crippen LogP contribution >= 0.6 is 0 Å². The van der Waals surface area contributed by atoms with Gasteiger partial charge in [-0.15, -0.1) is 0 Å². The second-order valence-electron chi connectivity index (χ2n) is 4.12. The predicted octanol–water partition coefficient (Wildman–Crippen LogP) is 2.93. The molecule has 0 aliphatic heterocycles. The SMILES string of the molecule is Cc1nc(CNC(=O)c2ccc(C(F)(F)F)cc2)co1. The molecule has 4 nitrogen and oxygen atoms in total. The summed E-state index contributed by atoms with van der Waals surface area (Å²) in [5.74, 6) is 0.00292. The third kappa shape index (κ3) is 3.37. The normalized spacial score (nSPS) is 11.4. The summed E-state index contributed by atoms with van der Waals surface area (Å²) < 4.78 is 42.1. The first-order valence-electron chi connectivity index (χ1n) is 5.73. The van der Waals surface area contributed by atoms with Gasteiger partial charge in [0.15, 0.2) is 5.89 Å². The quantitative estimate of drug-likeness (QED) is 0.942. The first-order valence-corrected chi connectivity index (χ1v) is 5.73. The number of nitrogens with one attached hydrogen (secondary N) is 1. The summed E-state index contributed by atoms with van der Waals surface area (Å²) in [5, 5.41) is 2.54.